The second-order valence-corrected chi connectivity index (χ2v) is 3.03. The number of nitrogens with two attached hydrogens (primary N) is 1. The average molecular weight is 139 g/mol. The fourth-order valence-electron chi connectivity index (χ4n) is 1.48. The maximum Gasteiger partial charge on any atom is 0.00413 e. The van der Waals surface area contributed by atoms with Crippen LogP contribution in [-0.2, 0) is 0 Å². The SMILES string of the molecule is C#C.C[C@@H]1CCC[C@H](N)C1. The van der Waals surface area contributed by atoms with Crippen LogP contribution in [0.3, 0.4) is 0 Å². The van der Waals surface area contributed by atoms with Crippen LogP contribution in [0.15, 0.2) is 0 Å². The van der Waals surface area contributed by atoms with Crippen molar-refractivity contribution in [3.05, 3.63) is 0 Å². The Kier molecular flexibility index (Phi) is 5.06. The molecule has 0 heterocycles. The summed E-state index contributed by atoms with van der Waals surface area (Å²) in [6.07, 6.45) is 13.3. The first-order valence-corrected chi connectivity index (χ1v) is 3.88. The zero-order chi connectivity index (χ0) is 7.98. The third kappa shape index (κ3) is 3.53. The van der Waals surface area contributed by atoms with Gasteiger partial charge in [0, 0.05) is 6.04 Å². The molecule has 0 saturated heterocycles. The summed E-state index contributed by atoms with van der Waals surface area (Å²) in [6, 6.07) is 0.513. The predicted molar refractivity (Wildman–Crippen MR) is 45.5 cm³/mol. The van der Waals surface area contributed by atoms with E-state index in [1.54, 1.807) is 0 Å². The van der Waals surface area contributed by atoms with Crippen LogP contribution in [0.2, 0.25) is 0 Å². The topological polar surface area (TPSA) is 26.0 Å². The van der Waals surface area contributed by atoms with Gasteiger partial charge in [0.2, 0.25) is 0 Å². The quantitative estimate of drug-likeness (QED) is 0.509. The molecule has 0 aromatic carbocycles. The van der Waals surface area contributed by atoms with Gasteiger partial charge in [-0.3, -0.25) is 0 Å². The van der Waals surface area contributed by atoms with Crippen LogP contribution in [0.5, 0.6) is 0 Å². The molecule has 1 nitrogen and oxygen atoms in total. The molecule has 1 heteroatoms. The van der Waals surface area contributed by atoms with Gasteiger partial charge < -0.3 is 5.73 Å². The van der Waals surface area contributed by atoms with E-state index in [4.69, 9.17) is 5.73 Å². The molecule has 0 amide bonds. The molecule has 10 heavy (non-hydrogen) atoms. The second-order valence-electron chi connectivity index (χ2n) is 3.03. The number of rotatable bonds is 0. The van der Waals surface area contributed by atoms with E-state index in [0.29, 0.717) is 6.04 Å². The fourth-order valence-corrected chi connectivity index (χ4v) is 1.48. The van der Waals surface area contributed by atoms with Crippen molar-refractivity contribution < 1.29 is 0 Å². The normalized spacial score (nSPS) is 32.0. The molecule has 1 aliphatic carbocycles. The van der Waals surface area contributed by atoms with Crippen molar-refractivity contribution in [3.63, 3.8) is 0 Å². The van der Waals surface area contributed by atoms with E-state index in [9.17, 15) is 0 Å². The zero-order valence-electron chi connectivity index (χ0n) is 6.72. The average Bonchev–Trinajstić information content (AvgIpc) is 1.91. The van der Waals surface area contributed by atoms with Gasteiger partial charge in [-0.25, -0.2) is 0 Å². The molecule has 1 aliphatic rings. The molecule has 2 N–H and O–H groups in total. The third-order valence-electron chi connectivity index (χ3n) is 1.98. The highest BCUT2D eigenvalue weighted by atomic mass is 14.6. The summed E-state index contributed by atoms with van der Waals surface area (Å²) < 4.78 is 0. The van der Waals surface area contributed by atoms with Gasteiger partial charge in [-0.2, -0.15) is 0 Å². The molecular formula is C9H17N. The Morgan fingerprint density at radius 3 is 2.20 bits per heavy atom. The third-order valence-corrected chi connectivity index (χ3v) is 1.98. The van der Waals surface area contributed by atoms with Crippen molar-refractivity contribution in [2.24, 2.45) is 11.7 Å². The molecule has 0 aromatic rings. The maximum atomic E-state index is 5.73. The molecular weight excluding hydrogens is 122 g/mol. The fraction of sp³-hybridized carbons (Fsp3) is 0.778. The Hall–Kier alpha value is -0.480. The van der Waals surface area contributed by atoms with E-state index in [1.165, 1.54) is 25.7 Å². The maximum absolute atomic E-state index is 5.73. The van der Waals surface area contributed by atoms with Gasteiger partial charge in [0.15, 0.2) is 0 Å². The molecule has 0 aliphatic heterocycles. The molecule has 1 saturated carbocycles. The molecule has 0 radical (unpaired) electrons. The number of terminal acetylenes is 1. The van der Waals surface area contributed by atoms with Crippen LogP contribution in [0.25, 0.3) is 0 Å². The van der Waals surface area contributed by atoms with Gasteiger partial charge in [0.1, 0.15) is 0 Å². The van der Waals surface area contributed by atoms with E-state index in [-0.39, 0.29) is 0 Å². The largest absolute Gasteiger partial charge is 0.328 e. The van der Waals surface area contributed by atoms with Gasteiger partial charge in [-0.15, -0.1) is 12.8 Å². The minimum atomic E-state index is 0.513. The number of hydrogen-bond acceptors (Lipinski definition) is 1. The van der Waals surface area contributed by atoms with Crippen molar-refractivity contribution in [2.75, 3.05) is 0 Å². The minimum Gasteiger partial charge on any atom is -0.328 e. The summed E-state index contributed by atoms with van der Waals surface area (Å²) in [6.45, 7) is 2.29. The standard InChI is InChI=1S/C7H15N.C2H2/c1-6-3-2-4-7(8)5-6;1-2/h6-7H,2-5,8H2,1H3;1-2H/t6-,7+;/m1./s1. The Morgan fingerprint density at radius 1 is 1.30 bits per heavy atom. The summed E-state index contributed by atoms with van der Waals surface area (Å²) in [7, 11) is 0. The van der Waals surface area contributed by atoms with E-state index in [1.807, 2.05) is 0 Å². The predicted octanol–water partition coefficient (Wildman–Crippen LogP) is 1.77. The molecule has 0 spiro atoms. The van der Waals surface area contributed by atoms with Crippen LogP contribution >= 0.6 is 0 Å². The van der Waals surface area contributed by atoms with E-state index in [2.05, 4.69) is 19.8 Å². The second kappa shape index (κ2) is 5.32. The summed E-state index contributed by atoms with van der Waals surface area (Å²) in [5.41, 5.74) is 5.73. The smallest absolute Gasteiger partial charge is 0.00413 e. The van der Waals surface area contributed by atoms with Gasteiger partial charge in [0.25, 0.3) is 0 Å². The van der Waals surface area contributed by atoms with Crippen molar-refractivity contribution in [3.8, 4) is 12.8 Å². The molecule has 2 atom stereocenters. The van der Waals surface area contributed by atoms with Crippen LogP contribution in [0.4, 0.5) is 0 Å². The first-order chi connectivity index (χ1) is 4.79. The summed E-state index contributed by atoms with van der Waals surface area (Å²) in [4.78, 5) is 0. The first kappa shape index (κ1) is 9.52. The molecule has 0 aromatic heterocycles. The summed E-state index contributed by atoms with van der Waals surface area (Å²) in [5.74, 6) is 0.888. The lowest BCUT2D eigenvalue weighted by atomic mass is 9.88. The van der Waals surface area contributed by atoms with Crippen LogP contribution in [0.1, 0.15) is 32.6 Å². The van der Waals surface area contributed by atoms with Gasteiger partial charge in [-0.1, -0.05) is 19.8 Å². The van der Waals surface area contributed by atoms with Crippen LogP contribution < -0.4 is 5.73 Å². The Labute approximate surface area is 64.0 Å². The monoisotopic (exact) mass is 139 g/mol. The highest BCUT2D eigenvalue weighted by Gasteiger charge is 2.13. The summed E-state index contributed by atoms with van der Waals surface area (Å²) >= 11 is 0. The van der Waals surface area contributed by atoms with Crippen molar-refractivity contribution >= 4 is 0 Å². The molecule has 58 valence electrons. The lowest BCUT2D eigenvalue weighted by Gasteiger charge is -2.22. The summed E-state index contributed by atoms with van der Waals surface area (Å²) in [5, 5.41) is 0. The molecule has 1 rings (SSSR count). The van der Waals surface area contributed by atoms with Crippen molar-refractivity contribution in [1.82, 2.24) is 0 Å². The Morgan fingerprint density at radius 2 is 1.90 bits per heavy atom. The van der Waals surface area contributed by atoms with E-state index < -0.39 is 0 Å². The van der Waals surface area contributed by atoms with Crippen LogP contribution in [-0.4, -0.2) is 6.04 Å². The molecule has 1 fully saturated rings. The molecule has 0 unspecified atom stereocenters. The van der Waals surface area contributed by atoms with Gasteiger partial charge in [-0.05, 0) is 18.8 Å². The molecule has 0 bridgehead atoms. The van der Waals surface area contributed by atoms with E-state index in [0.717, 1.165) is 5.92 Å². The Balaban J connectivity index is 0.000000371. The highest BCUT2D eigenvalue weighted by Crippen LogP contribution is 2.21. The first-order valence-electron chi connectivity index (χ1n) is 3.88. The van der Waals surface area contributed by atoms with Gasteiger partial charge in [0.05, 0.1) is 0 Å². The van der Waals surface area contributed by atoms with Crippen molar-refractivity contribution in [2.45, 2.75) is 38.6 Å². The number of hydrogen-bond donors (Lipinski definition) is 1. The van der Waals surface area contributed by atoms with E-state index >= 15 is 0 Å². The minimum absolute atomic E-state index is 0.513. The Bertz CT molecular complexity index is 88.1. The lowest BCUT2D eigenvalue weighted by Crippen LogP contribution is -2.26. The van der Waals surface area contributed by atoms with Crippen LogP contribution in [0, 0.1) is 18.8 Å². The van der Waals surface area contributed by atoms with Crippen molar-refractivity contribution in [1.29, 1.82) is 0 Å². The zero-order valence-corrected chi connectivity index (χ0v) is 6.72. The highest BCUT2D eigenvalue weighted by molar-refractivity contribution is 4.71. The lowest BCUT2D eigenvalue weighted by molar-refractivity contribution is 0.344. The van der Waals surface area contributed by atoms with Gasteiger partial charge >= 0.3 is 0 Å².